The molecule has 0 aliphatic heterocycles. The second-order valence-corrected chi connectivity index (χ2v) is 7.42. The van der Waals surface area contributed by atoms with Crippen molar-refractivity contribution < 1.29 is 9.53 Å². The lowest BCUT2D eigenvalue weighted by molar-refractivity contribution is -0.115. The van der Waals surface area contributed by atoms with Crippen molar-refractivity contribution in [1.82, 2.24) is 20.2 Å². The minimum absolute atomic E-state index is 0.153. The fourth-order valence-electron chi connectivity index (χ4n) is 2.64. The summed E-state index contributed by atoms with van der Waals surface area (Å²) in [6.45, 7) is 5.86. The molecule has 1 unspecified atom stereocenters. The van der Waals surface area contributed by atoms with Crippen LogP contribution in [-0.4, -0.2) is 38.5 Å². The number of amides is 1. The molecule has 2 aromatic carbocycles. The Morgan fingerprint density at radius 2 is 2.00 bits per heavy atom. The van der Waals surface area contributed by atoms with Crippen LogP contribution in [0.2, 0.25) is 0 Å². The Balaban J connectivity index is 1.76. The number of aromatic nitrogens is 4. The van der Waals surface area contributed by atoms with Crippen LogP contribution in [0, 0.1) is 13.8 Å². The van der Waals surface area contributed by atoms with Crippen LogP contribution in [0.1, 0.15) is 18.1 Å². The molecule has 3 rings (SSSR count). The van der Waals surface area contributed by atoms with E-state index in [0.717, 1.165) is 11.3 Å². The minimum Gasteiger partial charge on any atom is -0.495 e. The highest BCUT2D eigenvalue weighted by Gasteiger charge is 2.20. The maximum Gasteiger partial charge on any atom is 0.237 e. The number of ether oxygens (including phenoxy) is 1. The number of nitrogens with one attached hydrogen (secondary N) is 1. The number of para-hydroxylation sites is 2. The topological polar surface area (TPSA) is 81.9 Å². The van der Waals surface area contributed by atoms with Gasteiger partial charge in [-0.05, 0) is 55.0 Å². The van der Waals surface area contributed by atoms with E-state index < -0.39 is 5.25 Å². The Morgan fingerprint density at radius 3 is 2.74 bits per heavy atom. The van der Waals surface area contributed by atoms with Crippen molar-refractivity contribution in [3.05, 3.63) is 53.6 Å². The Labute approximate surface area is 162 Å². The summed E-state index contributed by atoms with van der Waals surface area (Å²) in [6.07, 6.45) is 0. The quantitative estimate of drug-likeness (QED) is 0.657. The van der Waals surface area contributed by atoms with Crippen LogP contribution >= 0.6 is 11.8 Å². The minimum atomic E-state index is -0.398. The predicted molar refractivity (Wildman–Crippen MR) is 106 cm³/mol. The Hall–Kier alpha value is -2.87. The molecule has 1 atom stereocenters. The number of benzene rings is 2. The van der Waals surface area contributed by atoms with Crippen molar-refractivity contribution >= 4 is 23.4 Å². The third kappa shape index (κ3) is 4.28. The fourth-order valence-corrected chi connectivity index (χ4v) is 3.44. The molecular weight excluding hydrogens is 362 g/mol. The number of aryl methyl sites for hydroxylation is 2. The first kappa shape index (κ1) is 18.9. The van der Waals surface area contributed by atoms with Gasteiger partial charge in [0.25, 0.3) is 0 Å². The summed E-state index contributed by atoms with van der Waals surface area (Å²) < 4.78 is 6.93. The SMILES string of the molecule is COc1ccccc1NC(=O)C(C)Sc1nnnn1-c1ccc(C)cc1C. The number of thioether (sulfide) groups is 1. The first-order valence-corrected chi connectivity index (χ1v) is 9.34. The van der Waals surface area contributed by atoms with E-state index in [2.05, 4.69) is 26.9 Å². The third-order valence-corrected chi connectivity index (χ3v) is 5.07. The molecule has 27 heavy (non-hydrogen) atoms. The van der Waals surface area contributed by atoms with Crippen molar-refractivity contribution in [3.8, 4) is 11.4 Å². The lowest BCUT2D eigenvalue weighted by Crippen LogP contribution is -2.23. The van der Waals surface area contributed by atoms with Gasteiger partial charge in [0.15, 0.2) is 0 Å². The number of methoxy groups -OCH3 is 1. The number of carbonyl (C=O) groups is 1. The van der Waals surface area contributed by atoms with Crippen molar-refractivity contribution in [1.29, 1.82) is 0 Å². The van der Waals surface area contributed by atoms with Crippen molar-refractivity contribution in [2.45, 2.75) is 31.2 Å². The van der Waals surface area contributed by atoms with E-state index in [1.54, 1.807) is 23.9 Å². The normalized spacial score (nSPS) is 11.9. The first-order valence-electron chi connectivity index (χ1n) is 8.46. The summed E-state index contributed by atoms with van der Waals surface area (Å²) in [7, 11) is 1.57. The van der Waals surface area contributed by atoms with Gasteiger partial charge in [0.05, 0.1) is 23.7 Å². The van der Waals surface area contributed by atoms with Crippen LogP contribution < -0.4 is 10.1 Å². The van der Waals surface area contributed by atoms with E-state index in [1.165, 1.54) is 17.3 Å². The van der Waals surface area contributed by atoms with Gasteiger partial charge in [-0.2, -0.15) is 4.68 Å². The van der Waals surface area contributed by atoms with Gasteiger partial charge >= 0.3 is 0 Å². The number of anilines is 1. The lowest BCUT2D eigenvalue weighted by atomic mass is 10.1. The summed E-state index contributed by atoms with van der Waals surface area (Å²) in [5, 5.41) is 15.0. The lowest BCUT2D eigenvalue weighted by Gasteiger charge is -2.14. The molecule has 3 aromatic rings. The summed E-state index contributed by atoms with van der Waals surface area (Å²) in [5.41, 5.74) is 3.76. The van der Waals surface area contributed by atoms with E-state index in [4.69, 9.17) is 4.74 Å². The monoisotopic (exact) mass is 383 g/mol. The largest absolute Gasteiger partial charge is 0.495 e. The number of rotatable bonds is 6. The zero-order chi connectivity index (χ0) is 19.4. The van der Waals surface area contributed by atoms with Gasteiger partial charge in [0.2, 0.25) is 11.1 Å². The Kier molecular flexibility index (Phi) is 5.75. The molecule has 1 N–H and O–H groups in total. The van der Waals surface area contributed by atoms with Crippen LogP contribution in [-0.2, 0) is 4.79 Å². The van der Waals surface area contributed by atoms with Crippen LogP contribution in [0.25, 0.3) is 5.69 Å². The highest BCUT2D eigenvalue weighted by atomic mass is 32.2. The third-order valence-electron chi connectivity index (χ3n) is 4.04. The average Bonchev–Trinajstić information content (AvgIpc) is 3.10. The van der Waals surface area contributed by atoms with Gasteiger partial charge in [0.1, 0.15) is 5.75 Å². The molecule has 140 valence electrons. The van der Waals surface area contributed by atoms with Gasteiger partial charge in [0, 0.05) is 0 Å². The maximum atomic E-state index is 12.6. The molecule has 1 heterocycles. The number of carbonyl (C=O) groups excluding carboxylic acids is 1. The summed E-state index contributed by atoms with van der Waals surface area (Å²) >= 11 is 1.30. The molecule has 0 spiro atoms. The van der Waals surface area contributed by atoms with Gasteiger partial charge in [-0.15, -0.1) is 5.10 Å². The standard InChI is InChI=1S/C19H21N5O2S/c1-12-9-10-16(13(2)11-12)24-19(21-22-23-24)27-14(3)18(25)20-15-7-5-6-8-17(15)26-4/h5-11,14H,1-4H3,(H,20,25). The molecule has 1 amide bonds. The van der Waals surface area contributed by atoms with E-state index in [0.29, 0.717) is 16.6 Å². The second kappa shape index (κ2) is 8.22. The zero-order valence-corrected chi connectivity index (χ0v) is 16.4. The summed E-state index contributed by atoms with van der Waals surface area (Å²) in [4.78, 5) is 12.6. The number of hydrogen-bond donors (Lipinski definition) is 1. The molecule has 1 aromatic heterocycles. The molecular formula is C19H21N5O2S. The van der Waals surface area contributed by atoms with Crippen molar-refractivity contribution in [3.63, 3.8) is 0 Å². The predicted octanol–water partition coefficient (Wildman–Crippen LogP) is 3.41. The first-order chi connectivity index (χ1) is 13.0. The summed E-state index contributed by atoms with van der Waals surface area (Å²) in [5.74, 6) is 0.461. The van der Waals surface area contributed by atoms with E-state index >= 15 is 0 Å². The highest BCUT2D eigenvalue weighted by molar-refractivity contribution is 8.00. The fraction of sp³-hybridized carbons (Fsp3) is 0.263. The molecule has 0 aliphatic carbocycles. The summed E-state index contributed by atoms with van der Waals surface area (Å²) in [6, 6.07) is 13.4. The van der Waals surface area contributed by atoms with Crippen LogP contribution in [0.15, 0.2) is 47.6 Å². The zero-order valence-electron chi connectivity index (χ0n) is 15.6. The van der Waals surface area contributed by atoms with Crippen molar-refractivity contribution in [2.75, 3.05) is 12.4 Å². The van der Waals surface area contributed by atoms with Crippen LogP contribution in [0.5, 0.6) is 5.75 Å². The molecule has 0 saturated heterocycles. The number of nitrogens with zero attached hydrogens (tertiary/aromatic N) is 4. The van der Waals surface area contributed by atoms with Crippen molar-refractivity contribution in [2.24, 2.45) is 0 Å². The molecule has 0 bridgehead atoms. The Bertz CT molecular complexity index is 957. The molecule has 7 nitrogen and oxygen atoms in total. The smallest absolute Gasteiger partial charge is 0.237 e. The molecule has 8 heteroatoms. The van der Waals surface area contributed by atoms with Gasteiger partial charge in [-0.25, -0.2) is 0 Å². The van der Waals surface area contributed by atoms with Crippen LogP contribution in [0.3, 0.4) is 0 Å². The van der Waals surface area contributed by atoms with E-state index in [1.807, 2.05) is 45.0 Å². The van der Waals surface area contributed by atoms with Crippen LogP contribution in [0.4, 0.5) is 5.69 Å². The number of hydrogen-bond acceptors (Lipinski definition) is 6. The molecule has 0 fully saturated rings. The Morgan fingerprint density at radius 1 is 1.22 bits per heavy atom. The van der Waals surface area contributed by atoms with Gasteiger partial charge in [-0.1, -0.05) is 41.6 Å². The van der Waals surface area contributed by atoms with E-state index in [9.17, 15) is 4.79 Å². The molecule has 0 aliphatic rings. The van der Waals surface area contributed by atoms with E-state index in [-0.39, 0.29) is 5.91 Å². The molecule has 0 radical (unpaired) electrons. The molecule has 0 saturated carbocycles. The van der Waals surface area contributed by atoms with Gasteiger partial charge < -0.3 is 10.1 Å². The van der Waals surface area contributed by atoms with Gasteiger partial charge in [-0.3, -0.25) is 4.79 Å². The highest BCUT2D eigenvalue weighted by Crippen LogP contribution is 2.27. The number of tetrazole rings is 1. The maximum absolute atomic E-state index is 12.6. The second-order valence-electron chi connectivity index (χ2n) is 6.11. The average molecular weight is 383 g/mol.